The van der Waals surface area contributed by atoms with Gasteiger partial charge in [0.15, 0.2) is 5.75 Å². The Balaban J connectivity index is 1.38. The quantitative estimate of drug-likeness (QED) is 0.452. The number of hydrogen-bond donors (Lipinski definition) is 2. The first-order chi connectivity index (χ1) is 16.1. The van der Waals surface area contributed by atoms with Crippen molar-refractivity contribution < 1.29 is 9.84 Å². The lowest BCUT2D eigenvalue weighted by atomic mass is 10.0. The number of aromatic hydroxyl groups is 1. The number of rotatable bonds is 6. The van der Waals surface area contributed by atoms with Crippen LogP contribution in [-0.2, 0) is 17.7 Å². The monoisotopic (exact) mass is 442 g/mol. The van der Waals surface area contributed by atoms with Gasteiger partial charge in [0, 0.05) is 37.0 Å². The fourth-order valence-electron chi connectivity index (χ4n) is 3.71. The molecule has 2 N–H and O–H groups in total. The van der Waals surface area contributed by atoms with Crippen LogP contribution >= 0.6 is 0 Å². The van der Waals surface area contributed by atoms with E-state index in [0.29, 0.717) is 6.42 Å². The summed E-state index contributed by atoms with van der Waals surface area (Å²) in [5.41, 5.74) is 3.52. The van der Waals surface area contributed by atoms with E-state index in [9.17, 15) is 9.90 Å². The summed E-state index contributed by atoms with van der Waals surface area (Å²) < 4.78 is 6.66. The maximum absolute atomic E-state index is 12.1. The first kappa shape index (κ1) is 22.5. The largest absolute Gasteiger partial charge is 0.502 e. The summed E-state index contributed by atoms with van der Waals surface area (Å²) in [7, 11) is 0. The first-order valence-corrected chi connectivity index (χ1v) is 10.9. The Bertz CT molecular complexity index is 1200. The van der Waals surface area contributed by atoms with Gasteiger partial charge < -0.3 is 15.3 Å². The maximum Gasteiger partial charge on any atom is 0.296 e. The summed E-state index contributed by atoms with van der Waals surface area (Å²) in [5, 5.41) is 17.3. The first-order valence-electron chi connectivity index (χ1n) is 10.9. The molecule has 0 spiro atoms. The number of morpholine rings is 1. The zero-order valence-electron chi connectivity index (χ0n) is 18.3. The number of ether oxygens (including phenoxy) is 1. The second-order valence-electron chi connectivity index (χ2n) is 7.96. The van der Waals surface area contributed by atoms with Crippen LogP contribution < -0.4 is 5.56 Å². The van der Waals surface area contributed by atoms with E-state index in [0.717, 1.165) is 55.7 Å². The summed E-state index contributed by atoms with van der Waals surface area (Å²) >= 11 is 0. The molecule has 1 aliphatic heterocycles. The van der Waals surface area contributed by atoms with Crippen LogP contribution in [0.15, 0.2) is 65.8 Å². The minimum atomic E-state index is -0.558. The van der Waals surface area contributed by atoms with Crippen molar-refractivity contribution in [3.05, 3.63) is 93.7 Å². The summed E-state index contributed by atoms with van der Waals surface area (Å²) in [6.45, 7) is 4.48. The smallest absolute Gasteiger partial charge is 0.296 e. The minimum Gasteiger partial charge on any atom is -0.502 e. The Morgan fingerprint density at radius 2 is 1.64 bits per heavy atom. The molecule has 1 aliphatic rings. The molecular formula is C26H26N4O3. The van der Waals surface area contributed by atoms with Gasteiger partial charge in [0.05, 0.1) is 31.8 Å². The molecule has 0 saturated carbocycles. The minimum absolute atomic E-state index is 0.427. The average molecular weight is 443 g/mol. The summed E-state index contributed by atoms with van der Waals surface area (Å²) in [6, 6.07) is 15.6. The summed E-state index contributed by atoms with van der Waals surface area (Å²) in [5.74, 6) is 5.96. The van der Waals surface area contributed by atoms with Crippen molar-refractivity contribution in [1.82, 2.24) is 14.5 Å². The molecule has 33 heavy (non-hydrogen) atoms. The fraction of sp³-hybridized carbons (Fsp3) is 0.269. The highest BCUT2D eigenvalue weighted by Gasteiger charge is 2.13. The Labute approximate surface area is 192 Å². The molecule has 0 bridgehead atoms. The third kappa shape index (κ3) is 5.95. The van der Waals surface area contributed by atoms with E-state index < -0.39 is 17.4 Å². The number of aromatic nitrogens is 2. The van der Waals surface area contributed by atoms with Crippen LogP contribution in [0.4, 0.5) is 0 Å². The highest BCUT2D eigenvalue weighted by molar-refractivity contribution is 5.60. The molecule has 3 aromatic rings. The van der Waals surface area contributed by atoms with Crippen LogP contribution in [0.5, 0.6) is 5.75 Å². The van der Waals surface area contributed by atoms with E-state index in [1.165, 1.54) is 22.7 Å². The molecule has 0 radical (unpaired) electrons. The molecule has 4 rings (SSSR count). The van der Waals surface area contributed by atoms with Gasteiger partial charge in [-0.25, -0.2) is 4.98 Å². The highest BCUT2D eigenvalue weighted by Crippen LogP contribution is 2.13. The molecule has 7 nitrogen and oxygen atoms in total. The van der Waals surface area contributed by atoms with Crippen molar-refractivity contribution in [2.24, 2.45) is 0 Å². The second kappa shape index (κ2) is 10.7. The van der Waals surface area contributed by atoms with Gasteiger partial charge in [0.25, 0.3) is 5.56 Å². The standard InChI is InChI=1S/C26H26N4O3/c27-16-24(30-19-28-17-25(31)26(30)32)15-22-7-3-20(4-8-22)1-2-21-5-9-23(10-6-21)18-29-11-13-33-14-12-29/h3-10,16-17,19,24,27,31H,11-15,18H2. The molecule has 1 saturated heterocycles. The molecule has 2 aromatic carbocycles. The zero-order chi connectivity index (χ0) is 23.0. The van der Waals surface area contributed by atoms with E-state index in [4.69, 9.17) is 10.1 Å². The van der Waals surface area contributed by atoms with E-state index in [2.05, 4.69) is 33.9 Å². The van der Waals surface area contributed by atoms with Crippen molar-refractivity contribution in [1.29, 1.82) is 5.41 Å². The molecule has 1 fully saturated rings. The number of benzene rings is 2. The molecular weight excluding hydrogens is 416 g/mol. The van der Waals surface area contributed by atoms with Gasteiger partial charge >= 0.3 is 0 Å². The molecule has 2 heterocycles. The van der Waals surface area contributed by atoms with Crippen LogP contribution in [0, 0.1) is 17.3 Å². The Morgan fingerprint density at radius 1 is 1.03 bits per heavy atom. The third-order valence-electron chi connectivity index (χ3n) is 5.60. The topological polar surface area (TPSA) is 91.4 Å². The van der Waals surface area contributed by atoms with Gasteiger partial charge in [-0.05, 0) is 41.8 Å². The van der Waals surface area contributed by atoms with Crippen molar-refractivity contribution in [3.8, 4) is 17.6 Å². The van der Waals surface area contributed by atoms with E-state index in [-0.39, 0.29) is 0 Å². The number of hydrogen-bond acceptors (Lipinski definition) is 6. The van der Waals surface area contributed by atoms with Crippen LogP contribution in [0.2, 0.25) is 0 Å². The van der Waals surface area contributed by atoms with E-state index in [1.807, 2.05) is 36.4 Å². The van der Waals surface area contributed by atoms with E-state index >= 15 is 0 Å². The van der Waals surface area contributed by atoms with Crippen molar-refractivity contribution in [2.45, 2.75) is 19.0 Å². The Morgan fingerprint density at radius 3 is 2.24 bits per heavy atom. The normalized spacial score (nSPS) is 14.8. The molecule has 0 aliphatic carbocycles. The molecule has 0 amide bonds. The lowest BCUT2D eigenvalue weighted by Gasteiger charge is -2.26. The number of nitrogens with zero attached hydrogens (tertiary/aromatic N) is 3. The second-order valence-corrected chi connectivity index (χ2v) is 7.96. The summed E-state index contributed by atoms with van der Waals surface area (Å²) in [4.78, 5) is 18.3. The lowest BCUT2D eigenvalue weighted by molar-refractivity contribution is 0.0342. The van der Waals surface area contributed by atoms with Gasteiger partial charge in [-0.15, -0.1) is 0 Å². The number of nitrogens with one attached hydrogen (secondary N) is 1. The van der Waals surface area contributed by atoms with Crippen LogP contribution in [0.25, 0.3) is 0 Å². The van der Waals surface area contributed by atoms with Crippen molar-refractivity contribution in [2.75, 3.05) is 26.3 Å². The van der Waals surface area contributed by atoms with Crippen molar-refractivity contribution in [3.63, 3.8) is 0 Å². The lowest BCUT2D eigenvalue weighted by Crippen LogP contribution is -2.35. The predicted molar refractivity (Wildman–Crippen MR) is 127 cm³/mol. The molecule has 1 aromatic heterocycles. The van der Waals surface area contributed by atoms with Gasteiger partial charge in [0.2, 0.25) is 0 Å². The zero-order valence-corrected chi connectivity index (χ0v) is 18.3. The SMILES string of the molecule is N=CC(Cc1ccc(C#Cc2ccc(CN3CCOCC3)cc2)cc1)n1cncc(O)c1=O. The fourth-order valence-corrected chi connectivity index (χ4v) is 3.71. The molecule has 1 unspecified atom stereocenters. The van der Waals surface area contributed by atoms with Gasteiger partial charge in [-0.1, -0.05) is 36.1 Å². The maximum atomic E-state index is 12.1. The van der Waals surface area contributed by atoms with Crippen LogP contribution in [0.3, 0.4) is 0 Å². The molecule has 7 heteroatoms. The van der Waals surface area contributed by atoms with Crippen molar-refractivity contribution >= 4 is 6.21 Å². The Hall–Kier alpha value is -3.73. The average Bonchev–Trinajstić information content (AvgIpc) is 2.85. The molecule has 168 valence electrons. The van der Waals surface area contributed by atoms with Gasteiger partial charge in [-0.3, -0.25) is 14.3 Å². The van der Waals surface area contributed by atoms with E-state index in [1.54, 1.807) is 0 Å². The third-order valence-corrected chi connectivity index (χ3v) is 5.60. The Kier molecular flexibility index (Phi) is 7.30. The van der Waals surface area contributed by atoms with Crippen LogP contribution in [-0.4, -0.2) is 52.1 Å². The molecule has 1 atom stereocenters. The van der Waals surface area contributed by atoms with Crippen LogP contribution in [0.1, 0.15) is 28.3 Å². The van der Waals surface area contributed by atoms with Gasteiger partial charge in [0.1, 0.15) is 0 Å². The predicted octanol–water partition coefficient (Wildman–Crippen LogP) is 2.61. The summed E-state index contributed by atoms with van der Waals surface area (Å²) in [6.07, 6.45) is 4.06. The highest BCUT2D eigenvalue weighted by atomic mass is 16.5. The van der Waals surface area contributed by atoms with Gasteiger partial charge in [-0.2, -0.15) is 0 Å².